The Labute approximate surface area is 89.1 Å². The Hall–Kier alpha value is -1.83. The minimum atomic E-state index is 0.725. The number of fused-ring (bicyclic) bond motifs is 1. The molecule has 0 aliphatic rings. The largest absolute Gasteiger partial charge is 0.618 e. The second-order valence-corrected chi connectivity index (χ2v) is 3.63. The zero-order valence-electron chi connectivity index (χ0n) is 8.73. The van der Waals surface area contributed by atoms with Crippen LogP contribution in [0.15, 0.2) is 43.1 Å². The van der Waals surface area contributed by atoms with Gasteiger partial charge in [-0.15, -0.1) is 6.58 Å². The molecule has 0 saturated carbocycles. The first kappa shape index (κ1) is 9.71. The Morgan fingerprint density at radius 2 is 2.20 bits per heavy atom. The number of para-hydroxylation sites is 1. The fraction of sp³-hybridized carbons (Fsp3) is 0.154. The normalized spacial score (nSPS) is 10.5. The third kappa shape index (κ3) is 1.59. The molecule has 2 aromatic rings. The van der Waals surface area contributed by atoms with Gasteiger partial charge in [0.25, 0.3) is 0 Å². The lowest BCUT2D eigenvalue weighted by Crippen LogP contribution is -2.27. The van der Waals surface area contributed by atoms with E-state index in [0.717, 1.165) is 33.2 Å². The Balaban J connectivity index is 2.83. The summed E-state index contributed by atoms with van der Waals surface area (Å²) in [5.41, 5.74) is 2.92. The van der Waals surface area contributed by atoms with Crippen molar-refractivity contribution in [2.24, 2.45) is 0 Å². The van der Waals surface area contributed by atoms with Crippen LogP contribution >= 0.6 is 0 Å². The third-order valence-electron chi connectivity index (χ3n) is 2.59. The molecule has 15 heavy (non-hydrogen) atoms. The minimum Gasteiger partial charge on any atom is -0.618 e. The quantitative estimate of drug-likeness (QED) is 0.415. The van der Waals surface area contributed by atoms with Gasteiger partial charge in [-0.2, -0.15) is 4.73 Å². The van der Waals surface area contributed by atoms with E-state index in [2.05, 4.69) is 6.58 Å². The zero-order valence-corrected chi connectivity index (χ0v) is 8.73. The molecule has 0 aliphatic carbocycles. The maximum absolute atomic E-state index is 11.7. The summed E-state index contributed by atoms with van der Waals surface area (Å²) in [6.07, 6.45) is 4.10. The van der Waals surface area contributed by atoms with Crippen LogP contribution in [0.5, 0.6) is 0 Å². The van der Waals surface area contributed by atoms with Crippen molar-refractivity contribution in [1.29, 1.82) is 0 Å². The van der Waals surface area contributed by atoms with E-state index in [4.69, 9.17) is 0 Å². The van der Waals surface area contributed by atoms with Gasteiger partial charge in [-0.1, -0.05) is 18.2 Å². The summed E-state index contributed by atoms with van der Waals surface area (Å²) in [6.45, 7) is 5.72. The van der Waals surface area contributed by atoms with Crippen LogP contribution in [-0.2, 0) is 6.42 Å². The maximum atomic E-state index is 11.7. The predicted octanol–water partition coefficient (Wildman–Crippen LogP) is 2.51. The lowest BCUT2D eigenvalue weighted by molar-refractivity contribution is -0.577. The molecule has 0 atom stereocenters. The summed E-state index contributed by atoms with van der Waals surface area (Å²) in [4.78, 5) is 0. The van der Waals surface area contributed by atoms with E-state index in [9.17, 15) is 5.21 Å². The van der Waals surface area contributed by atoms with Crippen molar-refractivity contribution in [3.63, 3.8) is 0 Å². The average molecular weight is 199 g/mol. The number of benzene rings is 1. The molecule has 0 bridgehead atoms. The van der Waals surface area contributed by atoms with Crippen LogP contribution in [0.25, 0.3) is 10.9 Å². The van der Waals surface area contributed by atoms with Crippen molar-refractivity contribution >= 4 is 10.9 Å². The molecule has 2 rings (SSSR count). The summed E-state index contributed by atoms with van der Waals surface area (Å²) in [5.74, 6) is 0. The third-order valence-corrected chi connectivity index (χ3v) is 2.59. The van der Waals surface area contributed by atoms with Crippen LogP contribution < -0.4 is 4.73 Å². The second kappa shape index (κ2) is 3.73. The first-order valence-electron chi connectivity index (χ1n) is 4.95. The van der Waals surface area contributed by atoms with E-state index >= 15 is 0 Å². The molecule has 0 N–H and O–H groups in total. The van der Waals surface area contributed by atoms with Gasteiger partial charge in [-0.3, -0.25) is 0 Å². The molecule has 0 aliphatic heterocycles. The topological polar surface area (TPSA) is 26.9 Å². The van der Waals surface area contributed by atoms with Crippen LogP contribution in [0.2, 0.25) is 0 Å². The standard InChI is InChI=1S/C13H13NO/c1-3-5-11-6-4-7-12-10(2)8-9-14(15)13(11)12/h3-4,6-9H,1,5H2,2H3. The van der Waals surface area contributed by atoms with Crippen LogP contribution in [0.3, 0.4) is 0 Å². The number of rotatable bonds is 2. The van der Waals surface area contributed by atoms with Crippen LogP contribution in [0.4, 0.5) is 0 Å². The molecular formula is C13H13NO. The van der Waals surface area contributed by atoms with Gasteiger partial charge >= 0.3 is 0 Å². The van der Waals surface area contributed by atoms with Crippen molar-refractivity contribution < 1.29 is 4.73 Å². The predicted molar refractivity (Wildman–Crippen MR) is 61.5 cm³/mol. The van der Waals surface area contributed by atoms with Gasteiger partial charge in [0.15, 0.2) is 6.20 Å². The van der Waals surface area contributed by atoms with Crippen LogP contribution in [-0.4, -0.2) is 0 Å². The molecule has 0 amide bonds. The van der Waals surface area contributed by atoms with Gasteiger partial charge in [-0.25, -0.2) is 0 Å². The van der Waals surface area contributed by atoms with Gasteiger partial charge in [0.1, 0.15) is 0 Å². The molecule has 0 fully saturated rings. The van der Waals surface area contributed by atoms with Crippen molar-refractivity contribution in [3.05, 3.63) is 59.5 Å². The highest BCUT2D eigenvalue weighted by Gasteiger charge is 2.10. The highest BCUT2D eigenvalue weighted by Crippen LogP contribution is 2.18. The Bertz CT molecular complexity index is 517. The molecule has 76 valence electrons. The zero-order chi connectivity index (χ0) is 10.8. The monoisotopic (exact) mass is 199 g/mol. The molecule has 0 saturated heterocycles. The Morgan fingerprint density at radius 1 is 1.40 bits per heavy atom. The van der Waals surface area contributed by atoms with Crippen molar-refractivity contribution in [1.82, 2.24) is 0 Å². The number of hydrogen-bond acceptors (Lipinski definition) is 1. The summed E-state index contributed by atoms with van der Waals surface area (Å²) in [6, 6.07) is 7.77. The first-order chi connectivity index (χ1) is 7.24. The van der Waals surface area contributed by atoms with E-state index in [1.807, 2.05) is 37.3 Å². The van der Waals surface area contributed by atoms with Crippen LogP contribution in [0, 0.1) is 12.1 Å². The number of aryl methyl sites for hydroxylation is 1. The SMILES string of the molecule is C=CCc1cccc2c(C)cc[n+]([O-])c12. The second-order valence-electron chi connectivity index (χ2n) is 3.63. The number of pyridine rings is 1. The first-order valence-corrected chi connectivity index (χ1v) is 4.95. The fourth-order valence-corrected chi connectivity index (χ4v) is 1.83. The molecule has 2 nitrogen and oxygen atoms in total. The molecule has 2 heteroatoms. The van der Waals surface area contributed by atoms with Gasteiger partial charge < -0.3 is 5.21 Å². The molecular weight excluding hydrogens is 186 g/mol. The molecule has 0 unspecified atom stereocenters. The summed E-state index contributed by atoms with van der Waals surface area (Å²) in [5, 5.41) is 12.7. The van der Waals surface area contributed by atoms with E-state index in [1.54, 1.807) is 6.20 Å². The van der Waals surface area contributed by atoms with Crippen LogP contribution in [0.1, 0.15) is 11.1 Å². The molecule has 0 radical (unpaired) electrons. The van der Waals surface area contributed by atoms with E-state index < -0.39 is 0 Å². The summed E-state index contributed by atoms with van der Waals surface area (Å²) in [7, 11) is 0. The maximum Gasteiger partial charge on any atom is 0.227 e. The lowest BCUT2D eigenvalue weighted by Gasteiger charge is -2.07. The smallest absolute Gasteiger partial charge is 0.227 e. The lowest BCUT2D eigenvalue weighted by atomic mass is 10.0. The van der Waals surface area contributed by atoms with Crippen molar-refractivity contribution in [2.75, 3.05) is 0 Å². The van der Waals surface area contributed by atoms with Gasteiger partial charge in [0, 0.05) is 11.6 Å². The highest BCUT2D eigenvalue weighted by atomic mass is 16.5. The number of nitrogens with zero attached hydrogens (tertiary/aromatic N) is 1. The molecule has 1 heterocycles. The average Bonchev–Trinajstić information content (AvgIpc) is 2.24. The number of aromatic nitrogens is 1. The highest BCUT2D eigenvalue weighted by molar-refractivity contribution is 5.82. The number of hydrogen-bond donors (Lipinski definition) is 0. The summed E-state index contributed by atoms with van der Waals surface area (Å²) >= 11 is 0. The molecule has 1 aromatic heterocycles. The fourth-order valence-electron chi connectivity index (χ4n) is 1.83. The van der Waals surface area contributed by atoms with E-state index in [-0.39, 0.29) is 0 Å². The van der Waals surface area contributed by atoms with Gasteiger partial charge in [-0.05, 0) is 25.0 Å². The van der Waals surface area contributed by atoms with Crippen molar-refractivity contribution in [3.8, 4) is 0 Å². The molecule has 1 aromatic carbocycles. The van der Waals surface area contributed by atoms with E-state index in [1.165, 1.54) is 0 Å². The van der Waals surface area contributed by atoms with Crippen molar-refractivity contribution in [2.45, 2.75) is 13.3 Å². The summed E-state index contributed by atoms with van der Waals surface area (Å²) < 4.78 is 0.932. The van der Waals surface area contributed by atoms with Gasteiger partial charge in [0.05, 0.1) is 5.39 Å². The van der Waals surface area contributed by atoms with Gasteiger partial charge in [0.2, 0.25) is 5.52 Å². The number of allylic oxidation sites excluding steroid dienone is 1. The Morgan fingerprint density at radius 3 is 2.93 bits per heavy atom. The Kier molecular flexibility index (Phi) is 2.42. The van der Waals surface area contributed by atoms with E-state index in [0.29, 0.717) is 0 Å². The molecule has 0 spiro atoms. The minimum absolute atomic E-state index is 0.725.